The molecule has 3 aliphatic heterocycles. The second-order valence-corrected chi connectivity index (χ2v) is 22.6. The van der Waals surface area contributed by atoms with E-state index in [4.69, 9.17) is 17.3 Å². The number of likely N-dealkylation sites (tertiary alicyclic amines) is 2. The SMILES string of the molecule is C=C(N)c1ccc(CCC)c(F)c1-c1c(Cl)c(F)cc2c1C(CC)C(c1ccccc1)C2.C=C1CCN(c2nn(C)c3cc(C4CCN(C)CC4)ccc23)C(=O)N1.CNCC1CCN(CC2CCC(C)CC2)CC1. The lowest BCUT2D eigenvalue weighted by Crippen LogP contribution is -2.45. The van der Waals surface area contributed by atoms with E-state index in [0.29, 0.717) is 42.0 Å². The van der Waals surface area contributed by atoms with Crippen LogP contribution in [0.4, 0.5) is 19.4 Å². The van der Waals surface area contributed by atoms with Gasteiger partial charge in [0.2, 0.25) is 0 Å². The Kier molecular flexibility index (Phi) is 18.8. The number of nitrogens with one attached hydrogen (secondary N) is 2. The number of anilines is 1. The summed E-state index contributed by atoms with van der Waals surface area (Å²) in [6, 6.07) is 21.7. The standard InChI is InChI=1S/C28H28ClF2N.C19H25N5O.C15H30N2/c1-4-9-18-12-13-21(16(3)32)25(28(18)31)26-24-19(15-23(30)27(26)29)14-22(20(24)5-2)17-10-7-6-8-11-17;1-13-6-11-24(19(25)20-13)18-16-5-4-15(12-17(16)23(3)21-18)14-7-9-22(2)10-8-14;1-13-3-5-15(6-4-13)12-17-9-7-14(8-10-17)11-16-2/h6-8,10-13,15,20,22H,3-5,9,14,32H2,1-2H3;4-5,12,14H,1,6-11H2,2-3H3,(H,20,25);13-16H,3-12H2,1-2H3. The Morgan fingerprint density at radius 2 is 1.59 bits per heavy atom. The zero-order chi connectivity index (χ0) is 52.6. The lowest BCUT2D eigenvalue weighted by atomic mass is 9.81. The topological polar surface area (TPSA) is 94.7 Å². The Balaban J connectivity index is 0.000000155. The maximum Gasteiger partial charge on any atom is 0.327 e. The summed E-state index contributed by atoms with van der Waals surface area (Å²) in [6.07, 6.45) is 14.8. The maximum atomic E-state index is 15.9. The minimum atomic E-state index is -0.530. The molecule has 2 unspecified atom stereocenters. The van der Waals surface area contributed by atoms with Crippen molar-refractivity contribution in [2.24, 2.45) is 30.5 Å². The van der Waals surface area contributed by atoms with Gasteiger partial charge in [-0.25, -0.2) is 13.6 Å². The molecule has 2 aliphatic carbocycles. The highest BCUT2D eigenvalue weighted by Gasteiger charge is 2.38. The minimum absolute atomic E-state index is 0.0500. The molecule has 5 aliphatic rings. The van der Waals surface area contributed by atoms with E-state index >= 15 is 8.78 Å². The number of halogens is 3. The number of carbonyl (C=O) groups is 1. The van der Waals surface area contributed by atoms with Gasteiger partial charge >= 0.3 is 6.03 Å². The van der Waals surface area contributed by atoms with Gasteiger partial charge in [0, 0.05) is 60.0 Å². The molecular weight excluding hydrogens is 946 g/mol. The van der Waals surface area contributed by atoms with Crippen LogP contribution < -0.4 is 21.3 Å². The Labute approximate surface area is 446 Å². The lowest BCUT2D eigenvalue weighted by molar-refractivity contribution is 0.138. The first-order chi connectivity index (χ1) is 35.7. The van der Waals surface area contributed by atoms with Gasteiger partial charge in [-0.3, -0.25) is 9.58 Å². The molecule has 3 saturated heterocycles. The van der Waals surface area contributed by atoms with Crippen LogP contribution in [0.2, 0.25) is 5.02 Å². The van der Waals surface area contributed by atoms with Crippen LogP contribution in [0.5, 0.6) is 0 Å². The first kappa shape index (κ1) is 55.2. The molecule has 10 rings (SSSR count). The van der Waals surface area contributed by atoms with E-state index in [-0.39, 0.29) is 40.0 Å². The number of hydrogen-bond acceptors (Lipinski definition) is 6. The Hall–Kier alpha value is -5.07. The second kappa shape index (κ2) is 25.2. The summed E-state index contributed by atoms with van der Waals surface area (Å²) < 4.78 is 32.9. The number of rotatable bonds is 12. The molecule has 12 heteroatoms. The highest BCUT2D eigenvalue weighted by molar-refractivity contribution is 6.34. The number of hydrogen-bond donors (Lipinski definition) is 3. The van der Waals surface area contributed by atoms with Gasteiger partial charge in [-0.2, -0.15) is 5.10 Å². The summed E-state index contributed by atoms with van der Waals surface area (Å²) in [5.41, 5.74) is 14.3. The summed E-state index contributed by atoms with van der Waals surface area (Å²) >= 11 is 6.59. The summed E-state index contributed by atoms with van der Waals surface area (Å²) in [6.45, 7) is 22.4. The van der Waals surface area contributed by atoms with E-state index in [1.807, 2.05) is 36.9 Å². The fraction of sp³-hybridized carbons (Fsp3) is 0.516. The van der Waals surface area contributed by atoms with Gasteiger partial charge < -0.3 is 26.2 Å². The average molecular weight is 1030 g/mol. The van der Waals surface area contributed by atoms with Gasteiger partial charge in [0.25, 0.3) is 0 Å². The van der Waals surface area contributed by atoms with Gasteiger partial charge in [-0.1, -0.05) is 113 Å². The minimum Gasteiger partial charge on any atom is -0.399 e. The summed E-state index contributed by atoms with van der Waals surface area (Å²) in [7, 11) is 6.21. The number of fused-ring (bicyclic) bond motifs is 2. The Bertz CT molecular complexity index is 2730. The van der Waals surface area contributed by atoms with Crippen LogP contribution in [0.1, 0.15) is 143 Å². The number of benzene rings is 4. The molecule has 4 heterocycles. The molecular formula is C62H83ClF2N8O. The van der Waals surface area contributed by atoms with Gasteiger partial charge in [0.05, 0.1) is 10.5 Å². The largest absolute Gasteiger partial charge is 0.399 e. The van der Waals surface area contributed by atoms with Gasteiger partial charge in [-0.05, 0) is 186 Å². The van der Waals surface area contributed by atoms with Crippen molar-refractivity contribution in [1.29, 1.82) is 0 Å². The molecule has 398 valence electrons. The monoisotopic (exact) mass is 1030 g/mol. The molecule has 0 bridgehead atoms. The third-order valence-corrected chi connectivity index (χ3v) is 17.3. The molecule has 74 heavy (non-hydrogen) atoms. The maximum absolute atomic E-state index is 15.9. The van der Waals surface area contributed by atoms with Crippen LogP contribution in [0.15, 0.2) is 85.6 Å². The number of piperidine rings is 2. The molecule has 5 aromatic rings. The third kappa shape index (κ3) is 12.6. The van der Waals surface area contributed by atoms with E-state index in [1.54, 1.807) is 17.0 Å². The van der Waals surface area contributed by atoms with E-state index in [1.165, 1.54) is 94.7 Å². The van der Waals surface area contributed by atoms with Gasteiger partial charge in [0.15, 0.2) is 5.82 Å². The van der Waals surface area contributed by atoms with E-state index in [0.717, 1.165) is 83.7 Å². The summed E-state index contributed by atoms with van der Waals surface area (Å²) in [5.74, 6) is 3.63. The number of amides is 2. The zero-order valence-corrected chi connectivity index (χ0v) is 46.0. The highest BCUT2D eigenvalue weighted by atomic mass is 35.5. The van der Waals surface area contributed by atoms with Crippen LogP contribution in [0.3, 0.4) is 0 Å². The fourth-order valence-corrected chi connectivity index (χ4v) is 12.9. The fourth-order valence-electron chi connectivity index (χ4n) is 12.7. The van der Waals surface area contributed by atoms with Crippen molar-refractivity contribution in [1.82, 2.24) is 30.2 Å². The first-order valence-electron chi connectivity index (χ1n) is 27.8. The molecule has 2 atom stereocenters. The van der Waals surface area contributed by atoms with Crippen molar-refractivity contribution in [3.05, 3.63) is 136 Å². The number of aromatic nitrogens is 2. The smallest absolute Gasteiger partial charge is 0.327 e. The van der Waals surface area contributed by atoms with Gasteiger partial charge in [-0.15, -0.1) is 0 Å². The average Bonchev–Trinajstić information content (AvgIpc) is 3.94. The van der Waals surface area contributed by atoms with Crippen molar-refractivity contribution >= 4 is 40.0 Å². The van der Waals surface area contributed by atoms with Crippen LogP contribution >= 0.6 is 11.6 Å². The van der Waals surface area contributed by atoms with Crippen molar-refractivity contribution in [2.45, 2.75) is 122 Å². The predicted molar refractivity (Wildman–Crippen MR) is 304 cm³/mol. The summed E-state index contributed by atoms with van der Waals surface area (Å²) in [4.78, 5) is 19.1. The normalized spacial score (nSPS) is 21.9. The molecule has 1 aromatic heterocycles. The van der Waals surface area contributed by atoms with E-state index in [9.17, 15) is 4.79 Å². The number of nitrogens with two attached hydrogens (primary N) is 1. The van der Waals surface area contributed by atoms with Crippen molar-refractivity contribution in [2.75, 3.05) is 64.8 Å². The molecule has 0 radical (unpaired) electrons. The zero-order valence-electron chi connectivity index (χ0n) is 45.2. The van der Waals surface area contributed by atoms with E-state index in [2.05, 4.69) is 97.0 Å². The molecule has 9 nitrogen and oxygen atoms in total. The number of urea groups is 1. The molecule has 1 saturated carbocycles. The number of aryl methyl sites for hydroxylation is 2. The Morgan fingerprint density at radius 1 is 0.878 bits per heavy atom. The first-order valence-corrected chi connectivity index (χ1v) is 28.2. The molecule has 4 N–H and O–H groups in total. The lowest BCUT2D eigenvalue weighted by Gasteiger charge is -2.36. The van der Waals surface area contributed by atoms with E-state index < -0.39 is 5.82 Å². The van der Waals surface area contributed by atoms with Crippen molar-refractivity contribution < 1.29 is 13.6 Å². The predicted octanol–water partition coefficient (Wildman–Crippen LogP) is 13.6. The number of carbonyl (C=O) groups excluding carboxylic acids is 1. The van der Waals surface area contributed by atoms with Gasteiger partial charge in [0.1, 0.15) is 11.6 Å². The molecule has 4 fully saturated rings. The third-order valence-electron chi connectivity index (χ3n) is 17.0. The van der Waals surface area contributed by atoms with Crippen LogP contribution in [0, 0.1) is 29.4 Å². The van der Waals surface area contributed by atoms with Crippen molar-refractivity contribution in [3.63, 3.8) is 0 Å². The highest BCUT2D eigenvalue weighted by Crippen LogP contribution is 2.53. The van der Waals surface area contributed by atoms with Crippen LogP contribution in [-0.4, -0.2) is 85.5 Å². The molecule has 2 amide bonds. The van der Waals surface area contributed by atoms with Crippen molar-refractivity contribution in [3.8, 4) is 11.1 Å². The summed E-state index contributed by atoms with van der Waals surface area (Å²) in [5, 5.41) is 11.7. The second-order valence-electron chi connectivity index (χ2n) is 22.3. The molecule has 0 spiro atoms. The van der Waals surface area contributed by atoms with Crippen LogP contribution in [0.25, 0.3) is 27.7 Å². The quantitative estimate of drug-likeness (QED) is 0.115. The molecule has 4 aromatic carbocycles. The Morgan fingerprint density at radius 3 is 2.24 bits per heavy atom. The van der Waals surface area contributed by atoms with Crippen LogP contribution in [-0.2, 0) is 19.9 Å². The number of nitrogens with zero attached hydrogens (tertiary/aromatic N) is 5.